The maximum Gasteiger partial charge on any atom is 0.242 e. The second-order valence-corrected chi connectivity index (χ2v) is 6.72. The quantitative estimate of drug-likeness (QED) is 0.804. The lowest BCUT2D eigenvalue weighted by Crippen LogP contribution is -2.48. The monoisotopic (exact) mass is 372 g/mol. The normalized spacial score (nSPS) is 11.7. The number of nitrogens with one attached hydrogen (secondary N) is 1. The van der Waals surface area contributed by atoms with Gasteiger partial charge < -0.3 is 10.2 Å². The van der Waals surface area contributed by atoms with Gasteiger partial charge in [-0.05, 0) is 30.5 Å². The van der Waals surface area contributed by atoms with Gasteiger partial charge in [-0.3, -0.25) is 9.59 Å². The van der Waals surface area contributed by atoms with E-state index in [-0.39, 0.29) is 18.2 Å². The van der Waals surface area contributed by atoms with Crippen LogP contribution in [0.1, 0.15) is 30.0 Å². The van der Waals surface area contributed by atoms with Crippen molar-refractivity contribution in [2.75, 3.05) is 7.05 Å². The summed E-state index contributed by atoms with van der Waals surface area (Å²) in [6.07, 6.45) is 0.707. The highest BCUT2D eigenvalue weighted by atomic mass is 35.5. The van der Waals surface area contributed by atoms with E-state index >= 15 is 0 Å². The first-order chi connectivity index (χ1) is 12.5. The number of aryl methyl sites for hydroxylation is 1. The lowest BCUT2D eigenvalue weighted by Gasteiger charge is -2.30. The Kier molecular flexibility index (Phi) is 7.22. The van der Waals surface area contributed by atoms with Gasteiger partial charge in [0, 0.05) is 18.6 Å². The molecule has 2 amide bonds. The SMILES string of the molecule is CC[C@@H](C(=O)NC)N(Cc1cccc(C)c1)C(=O)Cc1ccccc1Cl. The molecule has 26 heavy (non-hydrogen) atoms. The van der Waals surface area contributed by atoms with E-state index in [1.54, 1.807) is 18.0 Å². The highest BCUT2D eigenvalue weighted by molar-refractivity contribution is 6.31. The zero-order valence-electron chi connectivity index (χ0n) is 15.5. The van der Waals surface area contributed by atoms with E-state index in [9.17, 15) is 9.59 Å². The minimum absolute atomic E-state index is 0.116. The predicted octanol–water partition coefficient (Wildman–Crippen LogP) is 3.74. The van der Waals surface area contributed by atoms with Gasteiger partial charge in [0.2, 0.25) is 11.8 Å². The maximum absolute atomic E-state index is 13.1. The van der Waals surface area contributed by atoms with Crippen LogP contribution in [-0.2, 0) is 22.6 Å². The Bertz CT molecular complexity index is 776. The van der Waals surface area contributed by atoms with Crippen LogP contribution in [0.5, 0.6) is 0 Å². The van der Waals surface area contributed by atoms with Crippen molar-refractivity contribution >= 4 is 23.4 Å². The van der Waals surface area contributed by atoms with Crippen molar-refractivity contribution in [3.8, 4) is 0 Å². The molecule has 0 aromatic heterocycles. The third kappa shape index (κ3) is 5.09. The van der Waals surface area contributed by atoms with Gasteiger partial charge in [-0.15, -0.1) is 0 Å². The molecular weight excluding hydrogens is 348 g/mol. The van der Waals surface area contributed by atoms with Crippen molar-refractivity contribution in [1.29, 1.82) is 0 Å². The van der Waals surface area contributed by atoms with E-state index in [4.69, 9.17) is 11.6 Å². The summed E-state index contributed by atoms with van der Waals surface area (Å²) in [4.78, 5) is 27.0. The summed E-state index contributed by atoms with van der Waals surface area (Å²) in [5, 5.41) is 3.22. The van der Waals surface area contributed by atoms with E-state index in [0.717, 1.165) is 16.7 Å². The molecule has 0 saturated carbocycles. The third-order valence-corrected chi connectivity index (χ3v) is 4.74. The first-order valence-corrected chi connectivity index (χ1v) is 9.14. The number of hydrogen-bond acceptors (Lipinski definition) is 2. The van der Waals surface area contributed by atoms with Crippen LogP contribution >= 0.6 is 11.6 Å². The van der Waals surface area contributed by atoms with Gasteiger partial charge in [-0.25, -0.2) is 0 Å². The van der Waals surface area contributed by atoms with Crippen molar-refractivity contribution in [1.82, 2.24) is 10.2 Å². The standard InChI is InChI=1S/C21H25ClN2O2/c1-4-19(21(26)23-3)24(14-16-9-7-8-15(2)12-16)20(25)13-17-10-5-6-11-18(17)22/h5-12,19H,4,13-14H2,1-3H3,(H,23,26)/t19-/m0/s1. The zero-order valence-corrected chi connectivity index (χ0v) is 16.2. The summed E-state index contributed by atoms with van der Waals surface area (Å²) in [6.45, 7) is 4.30. The van der Waals surface area contributed by atoms with Crippen molar-refractivity contribution < 1.29 is 9.59 Å². The predicted molar refractivity (Wildman–Crippen MR) is 105 cm³/mol. The Balaban J connectivity index is 2.30. The van der Waals surface area contributed by atoms with Crippen molar-refractivity contribution in [3.05, 3.63) is 70.2 Å². The number of carbonyl (C=O) groups is 2. The van der Waals surface area contributed by atoms with Crippen LogP contribution in [0.3, 0.4) is 0 Å². The Labute approximate surface area is 160 Å². The maximum atomic E-state index is 13.1. The van der Waals surface area contributed by atoms with Crippen molar-refractivity contribution in [3.63, 3.8) is 0 Å². The molecule has 0 aliphatic carbocycles. The number of nitrogens with zero attached hydrogens (tertiary/aromatic N) is 1. The fraction of sp³-hybridized carbons (Fsp3) is 0.333. The summed E-state index contributed by atoms with van der Waals surface area (Å²) >= 11 is 6.21. The number of hydrogen-bond donors (Lipinski definition) is 1. The first-order valence-electron chi connectivity index (χ1n) is 8.76. The van der Waals surface area contributed by atoms with Crippen LogP contribution < -0.4 is 5.32 Å². The fourth-order valence-corrected chi connectivity index (χ4v) is 3.20. The lowest BCUT2D eigenvalue weighted by molar-refractivity contribution is -0.140. The Morgan fingerprint density at radius 2 is 1.88 bits per heavy atom. The summed E-state index contributed by atoms with van der Waals surface area (Å²) in [6, 6.07) is 14.8. The second-order valence-electron chi connectivity index (χ2n) is 6.32. The smallest absolute Gasteiger partial charge is 0.242 e. The molecule has 0 aliphatic heterocycles. The van der Waals surface area contributed by atoms with Gasteiger partial charge in [0.1, 0.15) is 6.04 Å². The lowest BCUT2D eigenvalue weighted by atomic mass is 10.1. The molecule has 1 atom stereocenters. The minimum atomic E-state index is -0.518. The van der Waals surface area contributed by atoms with Gasteiger partial charge in [-0.2, -0.15) is 0 Å². The minimum Gasteiger partial charge on any atom is -0.357 e. The van der Waals surface area contributed by atoms with E-state index in [2.05, 4.69) is 5.32 Å². The molecule has 0 radical (unpaired) electrons. The van der Waals surface area contributed by atoms with Crippen molar-refractivity contribution in [2.45, 2.75) is 39.3 Å². The molecule has 0 saturated heterocycles. The molecular formula is C21H25ClN2O2. The van der Waals surface area contributed by atoms with Crippen LogP contribution in [0.2, 0.25) is 5.02 Å². The van der Waals surface area contributed by atoms with Gasteiger partial charge >= 0.3 is 0 Å². The van der Waals surface area contributed by atoms with Gasteiger partial charge in [0.15, 0.2) is 0 Å². The van der Waals surface area contributed by atoms with Crippen LogP contribution in [0.25, 0.3) is 0 Å². The molecule has 0 heterocycles. The zero-order chi connectivity index (χ0) is 19.1. The number of halogens is 1. The van der Waals surface area contributed by atoms with Crippen LogP contribution in [0.15, 0.2) is 48.5 Å². The molecule has 0 bridgehead atoms. The number of carbonyl (C=O) groups excluding carboxylic acids is 2. The fourth-order valence-electron chi connectivity index (χ4n) is 3.00. The Morgan fingerprint density at radius 1 is 1.15 bits per heavy atom. The molecule has 2 aromatic rings. The molecule has 2 aromatic carbocycles. The highest BCUT2D eigenvalue weighted by Crippen LogP contribution is 2.19. The average molecular weight is 373 g/mol. The van der Waals surface area contributed by atoms with Crippen LogP contribution in [-0.4, -0.2) is 29.8 Å². The van der Waals surface area contributed by atoms with E-state index in [0.29, 0.717) is 18.0 Å². The van der Waals surface area contributed by atoms with E-state index in [1.807, 2.05) is 56.3 Å². The molecule has 138 valence electrons. The van der Waals surface area contributed by atoms with Crippen LogP contribution in [0.4, 0.5) is 0 Å². The van der Waals surface area contributed by atoms with Gasteiger partial charge in [0.25, 0.3) is 0 Å². The number of amides is 2. The Morgan fingerprint density at radius 3 is 2.50 bits per heavy atom. The first kappa shape index (κ1) is 20.0. The summed E-state index contributed by atoms with van der Waals surface area (Å²) in [5.41, 5.74) is 2.88. The molecule has 4 nitrogen and oxygen atoms in total. The number of benzene rings is 2. The molecule has 0 aliphatic rings. The average Bonchev–Trinajstić information content (AvgIpc) is 2.63. The molecule has 0 fully saturated rings. The highest BCUT2D eigenvalue weighted by Gasteiger charge is 2.28. The Hall–Kier alpha value is -2.33. The summed E-state index contributed by atoms with van der Waals surface area (Å²) in [5.74, 6) is -0.275. The van der Waals surface area contributed by atoms with Gasteiger partial charge in [-0.1, -0.05) is 66.6 Å². The molecule has 0 unspecified atom stereocenters. The number of likely N-dealkylation sites (N-methyl/N-ethyl adjacent to an activating group) is 1. The second kappa shape index (κ2) is 9.39. The molecule has 2 rings (SSSR count). The largest absolute Gasteiger partial charge is 0.357 e. The molecule has 1 N–H and O–H groups in total. The summed E-state index contributed by atoms with van der Waals surface area (Å²) in [7, 11) is 1.59. The topological polar surface area (TPSA) is 49.4 Å². The van der Waals surface area contributed by atoms with E-state index in [1.165, 1.54) is 0 Å². The number of rotatable bonds is 7. The van der Waals surface area contributed by atoms with Crippen molar-refractivity contribution in [2.24, 2.45) is 0 Å². The summed E-state index contributed by atoms with van der Waals surface area (Å²) < 4.78 is 0. The molecule has 0 spiro atoms. The van der Waals surface area contributed by atoms with Crippen LogP contribution in [0, 0.1) is 6.92 Å². The van der Waals surface area contributed by atoms with Gasteiger partial charge in [0.05, 0.1) is 6.42 Å². The van der Waals surface area contributed by atoms with E-state index < -0.39 is 6.04 Å². The molecule has 5 heteroatoms. The third-order valence-electron chi connectivity index (χ3n) is 4.37.